The van der Waals surface area contributed by atoms with E-state index in [9.17, 15) is 0 Å². The van der Waals surface area contributed by atoms with Crippen LogP contribution in [0.4, 0.5) is 0 Å². The minimum atomic E-state index is -3.60. The van der Waals surface area contributed by atoms with Crippen LogP contribution in [-0.2, 0) is 43.3 Å². The molecule has 0 saturated heterocycles. The molecule has 0 aliphatic carbocycles. The first-order chi connectivity index (χ1) is 52.7. The minimum Gasteiger partial charge on any atom is -0.309 e. The number of hydrogen-bond donors (Lipinski definition) is 0. The summed E-state index contributed by atoms with van der Waals surface area (Å²) in [6.45, 7) is 65.9. The summed E-state index contributed by atoms with van der Waals surface area (Å²) >= 11 is 0. The Bertz CT molecular complexity index is 5510. The molecule has 0 unspecified atom stereocenters. The second-order valence-corrected chi connectivity index (χ2v) is 45.6. The minimum absolute atomic E-state index is 0.0271. The van der Waals surface area contributed by atoms with Gasteiger partial charge >= 0.3 is 0 Å². The summed E-state index contributed by atoms with van der Waals surface area (Å²) in [6.07, 6.45) is 0. The van der Waals surface area contributed by atoms with Gasteiger partial charge in [-0.05, 0) is 304 Å². The molecule has 0 fully saturated rings. The molecule has 16 rings (SSSR count). The van der Waals surface area contributed by atoms with E-state index in [1.807, 2.05) is 0 Å². The molecule has 0 aliphatic heterocycles. The summed E-state index contributed by atoms with van der Waals surface area (Å²) in [5.74, 6) is 0. The van der Waals surface area contributed by atoms with Gasteiger partial charge in [-0.15, -0.1) is 0 Å². The van der Waals surface area contributed by atoms with Crippen molar-refractivity contribution in [3.63, 3.8) is 0 Å². The first-order valence-electron chi connectivity index (χ1n) is 41.5. The highest BCUT2D eigenvalue weighted by Crippen LogP contribution is 2.45. The van der Waals surface area contributed by atoms with Gasteiger partial charge in [0, 0.05) is 65.8 Å². The first-order valence-corrected chi connectivity index (χ1v) is 43.5. The third-order valence-corrected chi connectivity index (χ3v) is 31.0. The summed E-state index contributed by atoms with van der Waals surface area (Å²) < 4.78 is 10.2. The van der Waals surface area contributed by atoms with Crippen LogP contribution in [0.5, 0.6) is 0 Å². The van der Waals surface area contributed by atoms with Gasteiger partial charge < -0.3 is 18.3 Å². The van der Waals surface area contributed by atoms with Gasteiger partial charge in [0.1, 0.15) is 0 Å². The number of benzene rings is 12. The van der Waals surface area contributed by atoms with Gasteiger partial charge in [-0.3, -0.25) is 0 Å². The quantitative estimate of drug-likeness (QED) is 0.107. The first kappa shape index (κ1) is 77.0. The molecule has 113 heavy (non-hydrogen) atoms. The Balaban J connectivity index is 1.01. The molecule has 0 radical (unpaired) electrons. The van der Waals surface area contributed by atoms with Gasteiger partial charge in [0.05, 0.1) is 44.1 Å². The Morgan fingerprint density at radius 1 is 0.168 bits per heavy atom. The van der Waals surface area contributed by atoms with E-state index in [0.717, 1.165) is 22.7 Å². The zero-order chi connectivity index (χ0) is 81.0. The summed E-state index contributed by atoms with van der Waals surface area (Å²) in [6, 6.07) is 88.4. The predicted molar refractivity (Wildman–Crippen MR) is 496 cm³/mol. The van der Waals surface area contributed by atoms with E-state index >= 15 is 0 Å². The highest BCUT2D eigenvalue weighted by molar-refractivity contribution is 7.20. The lowest BCUT2D eigenvalue weighted by Crippen LogP contribution is -2.76. The lowest BCUT2D eigenvalue weighted by molar-refractivity contribution is 0.590. The van der Waals surface area contributed by atoms with E-state index < -0.39 is 8.07 Å². The van der Waals surface area contributed by atoms with Crippen LogP contribution in [0, 0.1) is 27.7 Å². The molecule has 0 bridgehead atoms. The molecular formula is C108H120N4Si. The Hall–Kier alpha value is -9.94. The number of hydrogen-bond acceptors (Lipinski definition) is 0. The molecule has 16 aromatic rings. The van der Waals surface area contributed by atoms with Gasteiger partial charge in [-0.2, -0.15) is 0 Å². The molecule has 4 heterocycles. The third kappa shape index (κ3) is 12.8. The maximum atomic E-state index is 2.58. The highest BCUT2D eigenvalue weighted by atomic mass is 28.3. The van der Waals surface area contributed by atoms with Crippen molar-refractivity contribution in [2.24, 2.45) is 0 Å². The lowest BCUT2D eigenvalue weighted by atomic mass is 9.85. The van der Waals surface area contributed by atoms with Crippen molar-refractivity contribution < 1.29 is 0 Å². The average Bonchev–Trinajstić information content (AvgIpc) is 1.26. The topological polar surface area (TPSA) is 19.7 Å². The van der Waals surface area contributed by atoms with Crippen molar-refractivity contribution >= 4 is 116 Å². The summed E-state index contributed by atoms with van der Waals surface area (Å²) in [4.78, 5) is 0. The van der Waals surface area contributed by atoms with Crippen molar-refractivity contribution in [1.29, 1.82) is 0 Å². The van der Waals surface area contributed by atoms with Crippen LogP contribution in [0.25, 0.3) is 110 Å². The molecule has 4 aromatic heterocycles. The molecule has 0 amide bonds. The van der Waals surface area contributed by atoms with Crippen molar-refractivity contribution in [3.8, 4) is 22.7 Å². The van der Waals surface area contributed by atoms with E-state index in [1.165, 1.54) is 175 Å². The highest BCUT2D eigenvalue weighted by Gasteiger charge is 2.46. The average molecular weight is 1500 g/mol. The largest absolute Gasteiger partial charge is 0.309 e. The predicted octanol–water partition coefficient (Wildman–Crippen LogP) is 27.1. The lowest BCUT2D eigenvalue weighted by Gasteiger charge is -2.39. The van der Waals surface area contributed by atoms with E-state index in [2.05, 4.69) is 431 Å². The fourth-order valence-corrected chi connectivity index (χ4v) is 24.4. The summed E-state index contributed by atoms with van der Waals surface area (Å²) in [5.41, 5.74) is 29.9. The number of aromatic nitrogens is 4. The summed E-state index contributed by atoms with van der Waals surface area (Å²) in [5, 5.41) is 15.8. The molecule has 0 atom stereocenters. The normalized spacial score (nSPS) is 13.5. The standard InChI is InChI=1S/C108H120N4Si/c1-65-53-77(109-89-41-29-69(101(5,6)7)57-81(89)82-58-70(102(8,9)10)30-42-90(82)109)37-49-97(65)113(98-50-38-78(54-66(98)2)110-91-43-31-71(103(11,12)13)59-83(91)84-60-72(104(14,15)16)32-44-92(84)110,99-51-39-79(55-67(99)3)111-93-45-33-73(105(17,18)19)61-85(93)86-62-74(106(20,21)22)34-46-94(86)111)100-52-40-80(56-68(100)4)112-95-47-35-75(107(23,24)25)63-87(95)88-64-76(108(26,27)28)36-48-96(88)112/h29-64H,1-28H3. The second kappa shape index (κ2) is 26.0. The maximum absolute atomic E-state index is 3.60. The van der Waals surface area contributed by atoms with Crippen LogP contribution in [0.2, 0.25) is 0 Å². The fraction of sp³-hybridized carbons (Fsp3) is 0.333. The smallest absolute Gasteiger partial charge is 0.180 e. The molecule has 5 heteroatoms. The van der Waals surface area contributed by atoms with Crippen LogP contribution < -0.4 is 20.7 Å². The molecule has 12 aromatic carbocycles. The zero-order valence-electron chi connectivity index (χ0n) is 73.1. The summed E-state index contributed by atoms with van der Waals surface area (Å²) in [7, 11) is -3.60. The van der Waals surface area contributed by atoms with Crippen LogP contribution in [0.3, 0.4) is 0 Å². The maximum Gasteiger partial charge on any atom is 0.180 e. The SMILES string of the molecule is Cc1cc(-n2c3ccc(C(C)(C)C)cc3c3cc(C(C)(C)C)ccc32)ccc1[Si](c1ccc(-n2c3ccc(C(C)(C)C)cc3c3cc(C(C)(C)C)ccc32)cc1C)(c1ccc(-n2c3ccc(C(C)(C)C)cc3c3cc(C(C)(C)C)ccc32)cc1C)c1ccc(-n2c3ccc(C(C)(C)C)cc3c3cc(C(C)(C)C)ccc32)cc1C. The molecule has 0 saturated carbocycles. The van der Waals surface area contributed by atoms with Gasteiger partial charge in [0.25, 0.3) is 0 Å². The number of fused-ring (bicyclic) bond motifs is 12. The zero-order valence-corrected chi connectivity index (χ0v) is 74.1. The molecule has 0 aliphatic rings. The molecule has 576 valence electrons. The Morgan fingerprint density at radius 2 is 0.301 bits per heavy atom. The Labute approximate surface area is 674 Å². The molecular weight excluding hydrogens is 1380 g/mol. The number of rotatable bonds is 8. The van der Waals surface area contributed by atoms with Gasteiger partial charge in [-0.1, -0.05) is 239 Å². The second-order valence-electron chi connectivity index (χ2n) is 41.9. The Morgan fingerprint density at radius 3 is 0.416 bits per heavy atom. The van der Waals surface area contributed by atoms with Crippen LogP contribution in [-0.4, -0.2) is 26.3 Å². The van der Waals surface area contributed by atoms with Crippen molar-refractivity contribution in [1.82, 2.24) is 18.3 Å². The van der Waals surface area contributed by atoms with Gasteiger partial charge in [0.2, 0.25) is 0 Å². The van der Waals surface area contributed by atoms with Crippen molar-refractivity contribution in [2.45, 2.75) is 237 Å². The number of aryl methyl sites for hydroxylation is 4. The third-order valence-electron chi connectivity index (χ3n) is 25.5. The van der Waals surface area contributed by atoms with Crippen molar-refractivity contribution in [3.05, 3.63) is 285 Å². The van der Waals surface area contributed by atoms with Gasteiger partial charge in [0.15, 0.2) is 8.07 Å². The van der Waals surface area contributed by atoms with E-state index in [1.54, 1.807) is 0 Å². The van der Waals surface area contributed by atoms with Crippen LogP contribution in [0.15, 0.2) is 218 Å². The van der Waals surface area contributed by atoms with Crippen LogP contribution >= 0.6 is 0 Å². The van der Waals surface area contributed by atoms with Gasteiger partial charge in [-0.25, -0.2) is 0 Å². The molecule has 0 N–H and O–H groups in total. The fourth-order valence-electron chi connectivity index (χ4n) is 18.6. The van der Waals surface area contributed by atoms with E-state index in [-0.39, 0.29) is 43.3 Å². The van der Waals surface area contributed by atoms with E-state index in [0.29, 0.717) is 0 Å². The Kier molecular flexibility index (Phi) is 17.7. The molecule has 4 nitrogen and oxygen atoms in total. The van der Waals surface area contributed by atoms with Crippen LogP contribution in [0.1, 0.15) is 233 Å². The monoisotopic (exact) mass is 1500 g/mol. The van der Waals surface area contributed by atoms with E-state index in [4.69, 9.17) is 0 Å². The van der Waals surface area contributed by atoms with Crippen molar-refractivity contribution in [2.75, 3.05) is 0 Å². The number of nitrogens with zero attached hydrogens (tertiary/aromatic N) is 4. The molecule has 0 spiro atoms.